The first kappa shape index (κ1) is 28.9. The molecule has 0 unspecified atom stereocenters. The Hall–Kier alpha value is -5.84. The van der Waals surface area contributed by atoms with Crippen LogP contribution >= 0.6 is 0 Å². The number of hydrogen-bond acceptors (Lipinski definition) is 7. The molecule has 2 amide bonds. The van der Waals surface area contributed by atoms with Crippen molar-refractivity contribution in [1.82, 2.24) is 35.5 Å². The second-order valence-corrected chi connectivity index (χ2v) is 11.7. The molecule has 1 aliphatic rings. The number of phenolic OH excluding ortho intramolecular Hbond substituents is 1. The fourth-order valence-electron chi connectivity index (χ4n) is 6.31. The summed E-state index contributed by atoms with van der Waals surface area (Å²) in [6.07, 6.45) is 5.34. The highest BCUT2D eigenvalue weighted by Gasteiger charge is 2.42. The Morgan fingerprint density at radius 2 is 1.70 bits per heavy atom. The van der Waals surface area contributed by atoms with Gasteiger partial charge in [0.25, 0.3) is 0 Å². The van der Waals surface area contributed by atoms with Crippen molar-refractivity contribution in [3.8, 4) is 28.1 Å². The van der Waals surface area contributed by atoms with E-state index in [1.807, 2.05) is 89.8 Å². The Kier molecular flexibility index (Phi) is 7.71. The van der Waals surface area contributed by atoms with E-state index in [4.69, 9.17) is 0 Å². The maximum Gasteiger partial charge on any atom is 0.246 e. The molecule has 0 atom stereocenters. The number of fused-ring (bicyclic) bond motifs is 1. The standard InChI is InChI=1S/C35H32N8O3/c44-31(43-17-14-35(15-18-43,21-24-5-2-1-3-6-24)33(46)38-34-39-41-42-40-34)19-23-9-11-25(12-10-23)27-7-4-8-28(32(27)45)29-20-26-13-16-36-22-30(26)37-29/h1-13,16,20,22,37,45H,14-15,17-19,21H2,(H2,38,39,40,41,42,46). The predicted molar refractivity (Wildman–Crippen MR) is 174 cm³/mol. The van der Waals surface area contributed by atoms with E-state index in [1.165, 1.54) is 0 Å². The lowest BCUT2D eigenvalue weighted by Crippen LogP contribution is -2.49. The Labute approximate surface area is 264 Å². The predicted octanol–water partition coefficient (Wildman–Crippen LogP) is 5.15. The number of nitrogens with zero attached hydrogens (tertiary/aromatic N) is 5. The molecule has 0 saturated carbocycles. The Morgan fingerprint density at radius 1 is 0.913 bits per heavy atom. The van der Waals surface area contributed by atoms with Gasteiger partial charge in [0.05, 0.1) is 29.2 Å². The first-order valence-corrected chi connectivity index (χ1v) is 15.2. The number of H-pyrrole nitrogens is 2. The Morgan fingerprint density at radius 3 is 2.43 bits per heavy atom. The molecule has 0 spiro atoms. The summed E-state index contributed by atoms with van der Waals surface area (Å²) in [6, 6.07) is 27.2. The average molecular weight is 613 g/mol. The van der Waals surface area contributed by atoms with Crippen LogP contribution in [0.1, 0.15) is 24.0 Å². The number of phenols is 1. The summed E-state index contributed by atoms with van der Waals surface area (Å²) < 4.78 is 0. The lowest BCUT2D eigenvalue weighted by Gasteiger charge is -2.40. The zero-order valence-electron chi connectivity index (χ0n) is 25.0. The molecule has 0 bridgehead atoms. The average Bonchev–Trinajstić information content (AvgIpc) is 3.76. The van der Waals surface area contributed by atoms with Gasteiger partial charge in [0.15, 0.2) is 0 Å². The van der Waals surface area contributed by atoms with Crippen LogP contribution in [0.3, 0.4) is 0 Å². The molecule has 11 heteroatoms. The number of rotatable bonds is 8. The molecule has 7 rings (SSSR count). The Bertz CT molecular complexity index is 1950. The first-order valence-electron chi connectivity index (χ1n) is 15.2. The number of amides is 2. The van der Waals surface area contributed by atoms with Gasteiger partial charge in [-0.25, -0.2) is 5.10 Å². The number of aromatic nitrogens is 6. The van der Waals surface area contributed by atoms with Crippen LogP contribution in [0.15, 0.2) is 97.3 Å². The number of aromatic amines is 2. The van der Waals surface area contributed by atoms with Crippen molar-refractivity contribution in [2.45, 2.75) is 25.7 Å². The van der Waals surface area contributed by atoms with Gasteiger partial charge in [0.2, 0.25) is 17.8 Å². The number of para-hydroxylation sites is 1. The number of likely N-dealkylation sites (tertiary alicyclic amines) is 1. The molecule has 0 aliphatic carbocycles. The van der Waals surface area contributed by atoms with Crippen molar-refractivity contribution < 1.29 is 14.7 Å². The van der Waals surface area contributed by atoms with Crippen LogP contribution in [0.25, 0.3) is 33.3 Å². The van der Waals surface area contributed by atoms with E-state index < -0.39 is 5.41 Å². The molecular weight excluding hydrogens is 580 g/mol. The van der Waals surface area contributed by atoms with Gasteiger partial charge >= 0.3 is 0 Å². The Balaban J connectivity index is 1.03. The van der Waals surface area contributed by atoms with Gasteiger partial charge in [-0.15, -0.1) is 0 Å². The SMILES string of the molecule is O=C(Cc1ccc(-c2cccc(-c3cc4ccncc4[nH]3)c2O)cc1)N1CCC(Cc2ccccc2)(C(=O)Nc2nnn[nH]2)CC1. The highest BCUT2D eigenvalue weighted by Crippen LogP contribution is 2.39. The molecule has 0 radical (unpaired) electrons. The van der Waals surface area contributed by atoms with Gasteiger partial charge in [-0.3, -0.25) is 19.9 Å². The fraction of sp³-hybridized carbons (Fsp3) is 0.200. The van der Waals surface area contributed by atoms with E-state index >= 15 is 0 Å². The third kappa shape index (κ3) is 5.82. The van der Waals surface area contributed by atoms with E-state index in [-0.39, 0.29) is 29.9 Å². The van der Waals surface area contributed by atoms with Crippen molar-refractivity contribution in [3.05, 3.63) is 108 Å². The monoisotopic (exact) mass is 612 g/mol. The molecule has 46 heavy (non-hydrogen) atoms. The second kappa shape index (κ2) is 12.3. The molecular formula is C35H32N8O3. The number of aromatic hydroxyl groups is 1. The van der Waals surface area contributed by atoms with Crippen molar-refractivity contribution in [3.63, 3.8) is 0 Å². The van der Waals surface area contributed by atoms with Crippen LogP contribution in [0, 0.1) is 5.41 Å². The van der Waals surface area contributed by atoms with E-state index in [0.717, 1.165) is 33.3 Å². The minimum atomic E-state index is -0.702. The molecule has 3 aromatic carbocycles. The topological polar surface area (TPSA) is 153 Å². The number of carbonyl (C=O) groups excluding carboxylic acids is 2. The minimum Gasteiger partial charge on any atom is -0.507 e. The summed E-state index contributed by atoms with van der Waals surface area (Å²) in [5, 5.41) is 28.5. The van der Waals surface area contributed by atoms with E-state index in [0.29, 0.717) is 43.5 Å². The summed E-state index contributed by atoms with van der Waals surface area (Å²) in [4.78, 5) is 36.2. The van der Waals surface area contributed by atoms with E-state index in [2.05, 4.69) is 35.9 Å². The van der Waals surface area contributed by atoms with Crippen molar-refractivity contribution in [1.29, 1.82) is 0 Å². The highest BCUT2D eigenvalue weighted by molar-refractivity contribution is 5.94. The molecule has 3 aromatic heterocycles. The van der Waals surface area contributed by atoms with Gasteiger partial charge in [0, 0.05) is 35.8 Å². The molecule has 1 aliphatic heterocycles. The number of benzene rings is 3. The van der Waals surface area contributed by atoms with Gasteiger partial charge in [-0.05, 0) is 64.6 Å². The zero-order chi connectivity index (χ0) is 31.5. The van der Waals surface area contributed by atoms with Crippen molar-refractivity contribution in [2.24, 2.45) is 5.41 Å². The summed E-state index contributed by atoms with van der Waals surface area (Å²) >= 11 is 0. The minimum absolute atomic E-state index is 0.0130. The first-order chi connectivity index (χ1) is 22.5. The number of piperidine rings is 1. The number of tetrazole rings is 1. The molecule has 4 N–H and O–H groups in total. The van der Waals surface area contributed by atoms with Crippen LogP contribution in [0.2, 0.25) is 0 Å². The van der Waals surface area contributed by atoms with Gasteiger partial charge in [0.1, 0.15) is 5.75 Å². The number of nitrogens with one attached hydrogen (secondary N) is 3. The zero-order valence-corrected chi connectivity index (χ0v) is 25.0. The van der Waals surface area contributed by atoms with E-state index in [9.17, 15) is 14.7 Å². The van der Waals surface area contributed by atoms with E-state index in [1.54, 1.807) is 12.4 Å². The third-order valence-corrected chi connectivity index (χ3v) is 8.89. The van der Waals surface area contributed by atoms with Crippen LogP contribution in [0.5, 0.6) is 5.75 Å². The van der Waals surface area contributed by atoms with Crippen LogP contribution in [-0.2, 0) is 22.4 Å². The quantitative estimate of drug-likeness (QED) is 0.186. The largest absolute Gasteiger partial charge is 0.507 e. The fourth-order valence-corrected chi connectivity index (χ4v) is 6.31. The van der Waals surface area contributed by atoms with Gasteiger partial charge in [-0.2, -0.15) is 0 Å². The molecule has 1 saturated heterocycles. The summed E-state index contributed by atoms with van der Waals surface area (Å²) in [5.41, 5.74) is 5.21. The normalized spacial score (nSPS) is 14.3. The highest BCUT2D eigenvalue weighted by atomic mass is 16.3. The second-order valence-electron chi connectivity index (χ2n) is 11.7. The number of hydrogen-bond donors (Lipinski definition) is 4. The third-order valence-electron chi connectivity index (χ3n) is 8.89. The summed E-state index contributed by atoms with van der Waals surface area (Å²) in [7, 11) is 0. The van der Waals surface area contributed by atoms with Crippen molar-refractivity contribution in [2.75, 3.05) is 18.4 Å². The number of pyridine rings is 1. The van der Waals surface area contributed by atoms with Crippen LogP contribution in [-0.4, -0.2) is 65.5 Å². The molecule has 11 nitrogen and oxygen atoms in total. The molecule has 1 fully saturated rings. The van der Waals surface area contributed by atoms with Crippen LogP contribution < -0.4 is 5.32 Å². The smallest absolute Gasteiger partial charge is 0.246 e. The maximum absolute atomic E-state index is 13.5. The summed E-state index contributed by atoms with van der Waals surface area (Å²) in [5.74, 6) is 0.238. The number of carbonyl (C=O) groups is 2. The molecule has 4 heterocycles. The molecule has 230 valence electrons. The van der Waals surface area contributed by atoms with Crippen LogP contribution in [0.4, 0.5) is 5.95 Å². The maximum atomic E-state index is 13.5. The lowest BCUT2D eigenvalue weighted by molar-refractivity contribution is -0.137. The van der Waals surface area contributed by atoms with Crippen molar-refractivity contribution >= 4 is 28.7 Å². The summed E-state index contributed by atoms with van der Waals surface area (Å²) in [6.45, 7) is 0.937. The van der Waals surface area contributed by atoms with Gasteiger partial charge < -0.3 is 15.0 Å². The van der Waals surface area contributed by atoms with Gasteiger partial charge in [-0.1, -0.05) is 71.8 Å². The number of anilines is 1. The molecule has 6 aromatic rings. The lowest BCUT2D eigenvalue weighted by atomic mass is 9.73.